The fourth-order valence-corrected chi connectivity index (χ4v) is 1.98. The molecule has 1 aliphatic rings. The van der Waals surface area contributed by atoms with Gasteiger partial charge < -0.3 is 20.8 Å². The second-order valence-corrected chi connectivity index (χ2v) is 4.57. The Kier molecular flexibility index (Phi) is 4.52. The van der Waals surface area contributed by atoms with Crippen molar-refractivity contribution in [2.24, 2.45) is 0 Å². The van der Waals surface area contributed by atoms with Crippen LogP contribution in [-0.4, -0.2) is 39.8 Å². The quantitative estimate of drug-likeness (QED) is 0.555. The highest BCUT2D eigenvalue weighted by molar-refractivity contribution is 5.86. The van der Waals surface area contributed by atoms with E-state index in [0.29, 0.717) is 0 Å². The van der Waals surface area contributed by atoms with Gasteiger partial charge in [0, 0.05) is 5.54 Å². The number of hydrogen-bond donors (Lipinski definition) is 4. The first-order valence-electron chi connectivity index (χ1n) is 5.92. The molecule has 7 heteroatoms. The summed E-state index contributed by atoms with van der Waals surface area (Å²) in [6.45, 7) is 1.95. The first kappa shape index (κ1) is 14.3. The zero-order valence-electron chi connectivity index (χ0n) is 10.2. The molecule has 0 aromatic heterocycles. The maximum atomic E-state index is 11.6. The third-order valence-electron chi connectivity index (χ3n) is 3.35. The summed E-state index contributed by atoms with van der Waals surface area (Å²) >= 11 is 0. The van der Waals surface area contributed by atoms with E-state index in [1.807, 2.05) is 6.92 Å². The molecule has 0 aliphatic heterocycles. The van der Waals surface area contributed by atoms with Crippen molar-refractivity contribution in [1.29, 1.82) is 0 Å². The van der Waals surface area contributed by atoms with Crippen LogP contribution < -0.4 is 10.6 Å². The molecule has 1 aliphatic carbocycles. The Balaban J connectivity index is 2.50. The van der Waals surface area contributed by atoms with Crippen LogP contribution in [0.1, 0.15) is 39.0 Å². The van der Waals surface area contributed by atoms with Gasteiger partial charge in [0.1, 0.15) is 6.04 Å². The van der Waals surface area contributed by atoms with E-state index >= 15 is 0 Å². The van der Waals surface area contributed by atoms with Crippen LogP contribution in [0.15, 0.2) is 0 Å². The van der Waals surface area contributed by atoms with E-state index in [1.54, 1.807) is 0 Å². The topological polar surface area (TPSA) is 116 Å². The molecule has 1 atom stereocenters. The van der Waals surface area contributed by atoms with Crippen molar-refractivity contribution >= 4 is 18.0 Å². The number of hydrogen-bond acceptors (Lipinski definition) is 3. The molecule has 0 bridgehead atoms. The molecule has 2 amide bonds. The molecule has 0 aromatic carbocycles. The summed E-state index contributed by atoms with van der Waals surface area (Å²) in [4.78, 5) is 32.9. The largest absolute Gasteiger partial charge is 0.481 e. The van der Waals surface area contributed by atoms with E-state index in [-0.39, 0.29) is 5.54 Å². The van der Waals surface area contributed by atoms with Gasteiger partial charge in [-0.05, 0) is 25.7 Å². The second-order valence-electron chi connectivity index (χ2n) is 4.57. The molecule has 1 fully saturated rings. The smallest absolute Gasteiger partial charge is 0.326 e. The van der Waals surface area contributed by atoms with Crippen molar-refractivity contribution in [3.05, 3.63) is 0 Å². The lowest BCUT2D eigenvalue weighted by atomic mass is 9.75. The van der Waals surface area contributed by atoms with Crippen molar-refractivity contribution in [3.8, 4) is 0 Å². The first-order chi connectivity index (χ1) is 8.38. The predicted molar refractivity (Wildman–Crippen MR) is 62.2 cm³/mol. The zero-order valence-corrected chi connectivity index (χ0v) is 10.2. The normalized spacial score (nSPS) is 18.3. The average Bonchev–Trinajstić information content (AvgIpc) is 2.21. The number of aliphatic carboxylic acids is 2. The monoisotopic (exact) mass is 258 g/mol. The van der Waals surface area contributed by atoms with E-state index < -0.39 is 30.4 Å². The molecule has 0 spiro atoms. The van der Waals surface area contributed by atoms with Crippen LogP contribution in [0.5, 0.6) is 0 Å². The van der Waals surface area contributed by atoms with Gasteiger partial charge in [0.2, 0.25) is 0 Å². The highest BCUT2D eigenvalue weighted by atomic mass is 16.4. The number of amides is 2. The molecule has 0 heterocycles. The standard InChI is InChI=1S/C11H18N2O5/c1-2-11(4-3-5-11)13-10(18)12-7(9(16)17)6-8(14)15/h7H,2-6H2,1H3,(H,14,15)(H,16,17)(H2,12,13,18)/t7-/m0/s1. The van der Waals surface area contributed by atoms with Gasteiger partial charge >= 0.3 is 18.0 Å². The van der Waals surface area contributed by atoms with Gasteiger partial charge in [-0.1, -0.05) is 6.92 Å². The molecule has 0 unspecified atom stereocenters. The van der Waals surface area contributed by atoms with E-state index in [2.05, 4.69) is 10.6 Å². The van der Waals surface area contributed by atoms with Crippen molar-refractivity contribution < 1.29 is 24.6 Å². The van der Waals surface area contributed by atoms with Gasteiger partial charge in [-0.15, -0.1) is 0 Å². The third-order valence-corrected chi connectivity index (χ3v) is 3.35. The lowest BCUT2D eigenvalue weighted by molar-refractivity contribution is -0.145. The van der Waals surface area contributed by atoms with Crippen molar-refractivity contribution in [2.75, 3.05) is 0 Å². The summed E-state index contributed by atoms with van der Waals surface area (Å²) in [6.07, 6.45) is 2.91. The fraction of sp³-hybridized carbons (Fsp3) is 0.727. The molecule has 7 nitrogen and oxygen atoms in total. The molecule has 1 rings (SSSR count). The predicted octanol–water partition coefficient (Wildman–Crippen LogP) is 0.546. The summed E-state index contributed by atoms with van der Waals surface area (Å²) in [5.74, 6) is -2.62. The highest BCUT2D eigenvalue weighted by Gasteiger charge is 2.37. The van der Waals surface area contributed by atoms with Crippen molar-refractivity contribution in [2.45, 2.75) is 50.6 Å². The Morgan fingerprint density at radius 3 is 2.22 bits per heavy atom. The summed E-state index contributed by atoms with van der Waals surface area (Å²) in [5, 5.41) is 22.2. The molecule has 102 valence electrons. The molecule has 1 saturated carbocycles. The van der Waals surface area contributed by atoms with Gasteiger partial charge in [0.25, 0.3) is 0 Å². The maximum absolute atomic E-state index is 11.6. The minimum Gasteiger partial charge on any atom is -0.481 e. The molecule has 4 N–H and O–H groups in total. The molecular weight excluding hydrogens is 240 g/mol. The number of urea groups is 1. The fourth-order valence-electron chi connectivity index (χ4n) is 1.98. The third kappa shape index (κ3) is 3.61. The Bertz CT molecular complexity index is 346. The van der Waals surface area contributed by atoms with Crippen molar-refractivity contribution in [1.82, 2.24) is 10.6 Å². The van der Waals surface area contributed by atoms with Crippen LogP contribution in [0.4, 0.5) is 4.79 Å². The van der Waals surface area contributed by atoms with Crippen LogP contribution in [-0.2, 0) is 9.59 Å². The van der Waals surface area contributed by atoms with Gasteiger partial charge in [-0.25, -0.2) is 9.59 Å². The van der Waals surface area contributed by atoms with Crippen LogP contribution in [0.25, 0.3) is 0 Å². The minimum absolute atomic E-state index is 0.254. The van der Waals surface area contributed by atoms with Crippen LogP contribution >= 0.6 is 0 Å². The number of carbonyl (C=O) groups excluding carboxylic acids is 1. The van der Waals surface area contributed by atoms with E-state index in [1.165, 1.54) is 0 Å². The molecule has 0 saturated heterocycles. The Hall–Kier alpha value is -1.79. The molecule has 0 radical (unpaired) electrons. The molecule has 18 heavy (non-hydrogen) atoms. The number of carboxylic acid groups (broad SMARTS) is 2. The number of carbonyl (C=O) groups is 3. The van der Waals surface area contributed by atoms with Crippen LogP contribution in [0.2, 0.25) is 0 Å². The summed E-state index contributed by atoms with van der Waals surface area (Å²) in [5.41, 5.74) is -0.254. The van der Waals surface area contributed by atoms with E-state index in [0.717, 1.165) is 25.7 Å². The van der Waals surface area contributed by atoms with Gasteiger partial charge in [0.05, 0.1) is 6.42 Å². The van der Waals surface area contributed by atoms with Gasteiger partial charge in [-0.3, -0.25) is 4.79 Å². The first-order valence-corrected chi connectivity index (χ1v) is 5.92. The SMILES string of the molecule is CCC1(NC(=O)N[C@@H](CC(=O)O)C(=O)O)CCC1. The second kappa shape index (κ2) is 5.70. The van der Waals surface area contributed by atoms with Crippen molar-refractivity contribution in [3.63, 3.8) is 0 Å². The van der Waals surface area contributed by atoms with E-state index in [9.17, 15) is 14.4 Å². The molecule has 0 aromatic rings. The molecular formula is C11H18N2O5. The van der Waals surface area contributed by atoms with Crippen LogP contribution in [0, 0.1) is 0 Å². The Morgan fingerprint density at radius 2 is 1.89 bits per heavy atom. The number of rotatable bonds is 6. The Labute approximate surface area is 105 Å². The summed E-state index contributed by atoms with van der Waals surface area (Å²) in [6, 6.07) is -2.03. The number of nitrogens with one attached hydrogen (secondary N) is 2. The maximum Gasteiger partial charge on any atom is 0.326 e. The Morgan fingerprint density at radius 1 is 1.28 bits per heavy atom. The minimum atomic E-state index is -1.41. The van der Waals surface area contributed by atoms with Gasteiger partial charge in [0.15, 0.2) is 0 Å². The summed E-state index contributed by atoms with van der Waals surface area (Å²) in [7, 11) is 0. The lowest BCUT2D eigenvalue weighted by Crippen LogP contribution is -2.58. The van der Waals surface area contributed by atoms with E-state index in [4.69, 9.17) is 10.2 Å². The summed E-state index contributed by atoms with van der Waals surface area (Å²) < 4.78 is 0. The number of carboxylic acids is 2. The average molecular weight is 258 g/mol. The highest BCUT2D eigenvalue weighted by Crippen LogP contribution is 2.34. The van der Waals surface area contributed by atoms with Gasteiger partial charge in [-0.2, -0.15) is 0 Å². The zero-order chi connectivity index (χ0) is 13.8. The lowest BCUT2D eigenvalue weighted by Gasteiger charge is -2.42. The van der Waals surface area contributed by atoms with Crippen LogP contribution in [0.3, 0.4) is 0 Å².